The number of hydrogen-bond donors (Lipinski definition) is 0. The van der Waals surface area contributed by atoms with Gasteiger partial charge in [0.1, 0.15) is 0 Å². The van der Waals surface area contributed by atoms with Gasteiger partial charge in [-0.1, -0.05) is 61.5 Å². The normalized spacial score (nSPS) is 10.4. The summed E-state index contributed by atoms with van der Waals surface area (Å²) in [4.78, 5) is 15.2. The van der Waals surface area contributed by atoms with E-state index in [9.17, 15) is 4.79 Å². The molecular weight excluding hydrogens is 398 g/mol. The van der Waals surface area contributed by atoms with Crippen LogP contribution in [0.3, 0.4) is 0 Å². The minimum Gasteiger partial charge on any atom is -0.493 e. The molecule has 0 fully saturated rings. The standard InChI is InChI=1S/C25H27NO3.ClH/c1-4-26(17-19-8-6-5-7-9-19)18-20-10-12-21(13-11-20)25(27)22-14-15-23(28-2)24(16-22)29-3;/h5-16H,4,17-18H2,1-3H3;1H. The maximum Gasteiger partial charge on any atom is 0.193 e. The second-order valence-corrected chi connectivity index (χ2v) is 6.88. The van der Waals surface area contributed by atoms with Gasteiger partial charge in [0.05, 0.1) is 14.2 Å². The van der Waals surface area contributed by atoms with E-state index in [1.54, 1.807) is 32.4 Å². The molecule has 0 aliphatic heterocycles. The smallest absolute Gasteiger partial charge is 0.193 e. The quantitative estimate of drug-likeness (QED) is 0.431. The lowest BCUT2D eigenvalue weighted by atomic mass is 10.0. The molecule has 30 heavy (non-hydrogen) atoms. The van der Waals surface area contributed by atoms with Gasteiger partial charge in [0, 0.05) is 24.2 Å². The third-order valence-corrected chi connectivity index (χ3v) is 4.96. The fourth-order valence-electron chi connectivity index (χ4n) is 3.28. The van der Waals surface area contributed by atoms with Crippen LogP contribution in [0, 0.1) is 0 Å². The van der Waals surface area contributed by atoms with E-state index in [1.807, 2.05) is 30.3 Å². The average molecular weight is 426 g/mol. The van der Waals surface area contributed by atoms with Crippen molar-refractivity contribution in [2.24, 2.45) is 0 Å². The molecule has 4 nitrogen and oxygen atoms in total. The Morgan fingerprint density at radius 3 is 1.90 bits per heavy atom. The molecule has 0 aliphatic carbocycles. The Hall–Kier alpha value is -2.82. The summed E-state index contributed by atoms with van der Waals surface area (Å²) in [6.45, 7) is 4.87. The summed E-state index contributed by atoms with van der Waals surface area (Å²) in [5, 5.41) is 0. The first-order valence-corrected chi connectivity index (χ1v) is 9.76. The van der Waals surface area contributed by atoms with E-state index < -0.39 is 0 Å². The van der Waals surface area contributed by atoms with Crippen LogP contribution in [0.15, 0.2) is 72.8 Å². The van der Waals surface area contributed by atoms with Crippen LogP contribution >= 0.6 is 12.4 Å². The van der Waals surface area contributed by atoms with Crippen LogP contribution in [-0.2, 0) is 13.1 Å². The van der Waals surface area contributed by atoms with E-state index in [-0.39, 0.29) is 18.2 Å². The molecule has 0 saturated heterocycles. The van der Waals surface area contributed by atoms with E-state index in [0.717, 1.165) is 19.6 Å². The number of ketones is 1. The number of benzene rings is 3. The second-order valence-electron chi connectivity index (χ2n) is 6.88. The lowest BCUT2D eigenvalue weighted by Gasteiger charge is -2.20. The van der Waals surface area contributed by atoms with E-state index in [4.69, 9.17) is 9.47 Å². The van der Waals surface area contributed by atoms with Gasteiger partial charge in [-0.2, -0.15) is 0 Å². The van der Waals surface area contributed by atoms with Crippen molar-refractivity contribution in [1.82, 2.24) is 4.90 Å². The molecule has 0 radical (unpaired) electrons. The number of methoxy groups -OCH3 is 2. The van der Waals surface area contributed by atoms with Crippen LogP contribution in [0.2, 0.25) is 0 Å². The molecule has 0 bridgehead atoms. The third kappa shape index (κ3) is 5.85. The van der Waals surface area contributed by atoms with Crippen LogP contribution in [0.1, 0.15) is 34.0 Å². The number of halogens is 1. The van der Waals surface area contributed by atoms with Crippen LogP contribution < -0.4 is 9.47 Å². The van der Waals surface area contributed by atoms with Crippen molar-refractivity contribution in [3.63, 3.8) is 0 Å². The zero-order valence-electron chi connectivity index (χ0n) is 17.6. The number of carbonyl (C=O) groups excluding carboxylic acids is 1. The second kappa shape index (κ2) is 11.4. The first kappa shape index (κ1) is 23.5. The summed E-state index contributed by atoms with van der Waals surface area (Å²) in [5.74, 6) is 1.13. The maximum atomic E-state index is 12.8. The van der Waals surface area contributed by atoms with Gasteiger partial charge < -0.3 is 9.47 Å². The van der Waals surface area contributed by atoms with Gasteiger partial charge in [-0.25, -0.2) is 0 Å². The lowest BCUT2D eigenvalue weighted by Crippen LogP contribution is -2.22. The molecule has 0 N–H and O–H groups in total. The monoisotopic (exact) mass is 425 g/mol. The van der Waals surface area contributed by atoms with E-state index in [1.165, 1.54) is 11.1 Å². The van der Waals surface area contributed by atoms with Crippen molar-refractivity contribution in [2.45, 2.75) is 20.0 Å². The van der Waals surface area contributed by atoms with Gasteiger partial charge in [0.2, 0.25) is 0 Å². The molecule has 0 amide bonds. The number of hydrogen-bond acceptors (Lipinski definition) is 4. The molecule has 158 valence electrons. The van der Waals surface area contributed by atoms with Crippen molar-refractivity contribution in [3.8, 4) is 11.5 Å². The Morgan fingerprint density at radius 2 is 1.33 bits per heavy atom. The largest absolute Gasteiger partial charge is 0.493 e. The first-order valence-electron chi connectivity index (χ1n) is 9.76. The molecule has 0 aromatic heterocycles. The van der Waals surface area contributed by atoms with Crippen molar-refractivity contribution in [1.29, 1.82) is 0 Å². The maximum absolute atomic E-state index is 12.8. The van der Waals surface area contributed by atoms with Crippen LogP contribution in [0.5, 0.6) is 11.5 Å². The van der Waals surface area contributed by atoms with Crippen molar-refractivity contribution in [2.75, 3.05) is 20.8 Å². The van der Waals surface area contributed by atoms with Crippen molar-refractivity contribution >= 4 is 18.2 Å². The Bertz CT molecular complexity index is 942. The highest BCUT2D eigenvalue weighted by Crippen LogP contribution is 2.28. The molecule has 3 aromatic rings. The van der Waals surface area contributed by atoms with E-state index >= 15 is 0 Å². The van der Waals surface area contributed by atoms with Gasteiger partial charge in [0.15, 0.2) is 17.3 Å². The minimum atomic E-state index is -0.0332. The van der Waals surface area contributed by atoms with E-state index in [2.05, 4.69) is 36.1 Å². The molecule has 0 saturated carbocycles. The Kier molecular flexibility index (Phi) is 8.90. The lowest BCUT2D eigenvalue weighted by molar-refractivity contribution is 0.103. The first-order chi connectivity index (χ1) is 14.1. The predicted molar refractivity (Wildman–Crippen MR) is 123 cm³/mol. The molecule has 0 unspecified atom stereocenters. The predicted octanol–water partition coefficient (Wildman–Crippen LogP) is 5.38. The summed E-state index contributed by atoms with van der Waals surface area (Å²) < 4.78 is 10.5. The highest BCUT2D eigenvalue weighted by molar-refractivity contribution is 6.09. The van der Waals surface area contributed by atoms with Gasteiger partial charge in [0.25, 0.3) is 0 Å². The zero-order chi connectivity index (χ0) is 20.6. The molecule has 3 rings (SSSR count). The zero-order valence-corrected chi connectivity index (χ0v) is 18.4. The van der Waals surface area contributed by atoms with Crippen molar-refractivity contribution < 1.29 is 14.3 Å². The number of rotatable bonds is 9. The minimum absolute atomic E-state index is 0. The van der Waals surface area contributed by atoms with Crippen molar-refractivity contribution in [3.05, 3.63) is 95.1 Å². The molecule has 0 atom stereocenters. The molecule has 0 spiro atoms. The molecular formula is C25H28ClNO3. The molecule has 5 heteroatoms. The topological polar surface area (TPSA) is 38.8 Å². The van der Waals surface area contributed by atoms with Gasteiger partial charge in [-0.05, 0) is 35.9 Å². The third-order valence-electron chi connectivity index (χ3n) is 4.96. The summed E-state index contributed by atoms with van der Waals surface area (Å²) in [6, 6.07) is 23.5. The van der Waals surface area contributed by atoms with Crippen LogP contribution in [0.4, 0.5) is 0 Å². The summed E-state index contributed by atoms with van der Waals surface area (Å²) in [5.41, 5.74) is 3.72. The van der Waals surface area contributed by atoms with Gasteiger partial charge in [-0.15, -0.1) is 12.4 Å². The summed E-state index contributed by atoms with van der Waals surface area (Å²) in [7, 11) is 3.14. The Morgan fingerprint density at radius 1 is 0.767 bits per heavy atom. The highest BCUT2D eigenvalue weighted by atomic mass is 35.5. The van der Waals surface area contributed by atoms with Gasteiger partial charge >= 0.3 is 0 Å². The van der Waals surface area contributed by atoms with Crippen LogP contribution in [-0.4, -0.2) is 31.4 Å². The Labute approximate surface area is 184 Å². The summed E-state index contributed by atoms with van der Waals surface area (Å²) >= 11 is 0. The molecule has 0 aliphatic rings. The van der Waals surface area contributed by atoms with Crippen LogP contribution in [0.25, 0.3) is 0 Å². The highest BCUT2D eigenvalue weighted by Gasteiger charge is 2.13. The summed E-state index contributed by atoms with van der Waals surface area (Å²) in [6.07, 6.45) is 0. The van der Waals surface area contributed by atoms with Gasteiger partial charge in [-0.3, -0.25) is 9.69 Å². The number of nitrogens with zero attached hydrogens (tertiary/aromatic N) is 1. The average Bonchev–Trinajstić information content (AvgIpc) is 2.78. The molecule has 3 aromatic carbocycles. The van der Waals surface area contributed by atoms with E-state index in [0.29, 0.717) is 22.6 Å². The fourth-order valence-corrected chi connectivity index (χ4v) is 3.28. The SMILES string of the molecule is CCN(Cc1ccccc1)Cc1ccc(C(=O)c2ccc(OC)c(OC)c2)cc1.Cl. The fraction of sp³-hybridized carbons (Fsp3) is 0.240. The number of ether oxygens (including phenoxy) is 2. The molecule has 0 heterocycles. The number of carbonyl (C=O) groups is 1. The Balaban J connectivity index is 0.00000320.